The Balaban J connectivity index is 2.03. The number of likely N-dealkylation sites (N-methyl/N-ethyl adjacent to an activating group) is 1. The molecule has 0 N–H and O–H groups in total. The molecule has 0 radical (unpaired) electrons. The molecule has 0 saturated heterocycles. The lowest BCUT2D eigenvalue weighted by atomic mass is 10.2. The SMILES string of the molecule is COc1ccccc1S(=O)(=O)N(C)CCOc1cccc(C)c1. The van der Waals surface area contributed by atoms with Gasteiger partial charge in [-0.15, -0.1) is 0 Å². The van der Waals surface area contributed by atoms with Crippen LogP contribution in [-0.4, -0.2) is 40.0 Å². The zero-order valence-electron chi connectivity index (χ0n) is 13.5. The van der Waals surface area contributed by atoms with Gasteiger partial charge in [0.15, 0.2) is 0 Å². The van der Waals surface area contributed by atoms with Crippen molar-refractivity contribution in [2.75, 3.05) is 27.3 Å². The highest BCUT2D eigenvalue weighted by atomic mass is 32.2. The van der Waals surface area contributed by atoms with Crippen LogP contribution in [0.2, 0.25) is 0 Å². The van der Waals surface area contributed by atoms with Crippen molar-refractivity contribution in [3.63, 3.8) is 0 Å². The Morgan fingerprint density at radius 1 is 1.09 bits per heavy atom. The topological polar surface area (TPSA) is 55.8 Å². The Bertz CT molecular complexity index is 759. The average molecular weight is 335 g/mol. The number of aryl methyl sites for hydroxylation is 1. The van der Waals surface area contributed by atoms with E-state index in [1.165, 1.54) is 24.5 Å². The van der Waals surface area contributed by atoms with Crippen LogP contribution in [0, 0.1) is 6.92 Å². The van der Waals surface area contributed by atoms with Gasteiger partial charge in [0, 0.05) is 13.6 Å². The summed E-state index contributed by atoms with van der Waals surface area (Å²) in [5.41, 5.74) is 1.09. The molecule has 0 aromatic heterocycles. The molecule has 0 fully saturated rings. The van der Waals surface area contributed by atoms with E-state index in [0.717, 1.165) is 11.3 Å². The van der Waals surface area contributed by atoms with E-state index >= 15 is 0 Å². The molecule has 0 atom stereocenters. The molecule has 124 valence electrons. The van der Waals surface area contributed by atoms with E-state index in [1.54, 1.807) is 18.2 Å². The molecule has 5 nitrogen and oxygen atoms in total. The minimum Gasteiger partial charge on any atom is -0.495 e. The second-order valence-corrected chi connectivity index (χ2v) is 7.16. The van der Waals surface area contributed by atoms with E-state index in [4.69, 9.17) is 9.47 Å². The Kier molecular flexibility index (Phi) is 5.63. The summed E-state index contributed by atoms with van der Waals surface area (Å²) in [5.74, 6) is 1.06. The van der Waals surface area contributed by atoms with Crippen LogP contribution in [0.15, 0.2) is 53.4 Å². The standard InChI is InChI=1S/C17H21NO4S/c1-14-7-6-8-15(13-14)22-12-11-18(2)23(19,20)17-10-5-4-9-16(17)21-3/h4-10,13H,11-12H2,1-3H3. The van der Waals surface area contributed by atoms with Crippen molar-refractivity contribution in [2.45, 2.75) is 11.8 Å². The van der Waals surface area contributed by atoms with E-state index < -0.39 is 10.0 Å². The van der Waals surface area contributed by atoms with Crippen molar-refractivity contribution in [1.29, 1.82) is 0 Å². The second kappa shape index (κ2) is 7.48. The number of para-hydroxylation sites is 1. The van der Waals surface area contributed by atoms with Crippen molar-refractivity contribution >= 4 is 10.0 Å². The highest BCUT2D eigenvalue weighted by Gasteiger charge is 2.24. The molecule has 0 heterocycles. The maximum atomic E-state index is 12.6. The van der Waals surface area contributed by atoms with Gasteiger partial charge in [0.2, 0.25) is 10.0 Å². The number of hydrogen-bond donors (Lipinski definition) is 0. The number of sulfonamides is 1. The van der Waals surface area contributed by atoms with Crippen LogP contribution in [0.1, 0.15) is 5.56 Å². The average Bonchev–Trinajstić information content (AvgIpc) is 2.54. The van der Waals surface area contributed by atoms with E-state index in [1.807, 2.05) is 31.2 Å². The fourth-order valence-corrected chi connectivity index (χ4v) is 3.42. The van der Waals surface area contributed by atoms with Crippen molar-refractivity contribution in [3.05, 3.63) is 54.1 Å². The predicted octanol–water partition coefficient (Wildman–Crippen LogP) is 2.70. The summed E-state index contributed by atoms with van der Waals surface area (Å²) in [6.45, 7) is 2.49. The first-order valence-electron chi connectivity index (χ1n) is 7.24. The molecular formula is C17H21NO4S. The molecule has 2 aromatic carbocycles. The minimum absolute atomic E-state index is 0.153. The second-order valence-electron chi connectivity index (χ2n) is 5.14. The van der Waals surface area contributed by atoms with Gasteiger partial charge in [0.05, 0.1) is 7.11 Å². The summed E-state index contributed by atoms with van der Waals surface area (Å²) in [6, 6.07) is 14.2. The number of ether oxygens (including phenoxy) is 2. The number of rotatable bonds is 7. The lowest BCUT2D eigenvalue weighted by Gasteiger charge is -2.19. The molecule has 0 unspecified atom stereocenters. The Labute approximate surface area is 137 Å². The van der Waals surface area contributed by atoms with E-state index in [0.29, 0.717) is 5.75 Å². The van der Waals surface area contributed by atoms with Gasteiger partial charge < -0.3 is 9.47 Å². The molecule has 0 amide bonds. The summed E-state index contributed by atoms with van der Waals surface area (Å²) in [6.07, 6.45) is 0. The largest absolute Gasteiger partial charge is 0.495 e. The van der Waals surface area contributed by atoms with Crippen LogP contribution < -0.4 is 9.47 Å². The summed E-state index contributed by atoms with van der Waals surface area (Å²) < 4.78 is 37.2. The maximum absolute atomic E-state index is 12.6. The number of nitrogens with zero attached hydrogens (tertiary/aromatic N) is 1. The van der Waals surface area contributed by atoms with Gasteiger partial charge in [-0.25, -0.2) is 8.42 Å². The summed E-state index contributed by atoms with van der Waals surface area (Å²) in [5, 5.41) is 0. The summed E-state index contributed by atoms with van der Waals surface area (Å²) in [7, 11) is -0.633. The summed E-state index contributed by atoms with van der Waals surface area (Å²) in [4.78, 5) is 0.153. The molecule has 0 saturated carbocycles. The Morgan fingerprint density at radius 2 is 1.83 bits per heavy atom. The molecule has 0 aliphatic rings. The Hall–Kier alpha value is -2.05. The molecule has 23 heavy (non-hydrogen) atoms. The fourth-order valence-electron chi connectivity index (χ4n) is 2.12. The molecule has 0 aliphatic carbocycles. The zero-order chi connectivity index (χ0) is 16.9. The first-order chi connectivity index (χ1) is 10.9. The molecule has 2 aromatic rings. The van der Waals surface area contributed by atoms with Gasteiger partial charge in [-0.2, -0.15) is 4.31 Å². The van der Waals surface area contributed by atoms with Crippen molar-refractivity contribution < 1.29 is 17.9 Å². The smallest absolute Gasteiger partial charge is 0.246 e. The third-order valence-electron chi connectivity index (χ3n) is 3.42. The summed E-state index contributed by atoms with van der Waals surface area (Å²) >= 11 is 0. The minimum atomic E-state index is -3.62. The Morgan fingerprint density at radius 3 is 2.52 bits per heavy atom. The predicted molar refractivity (Wildman–Crippen MR) is 89.5 cm³/mol. The van der Waals surface area contributed by atoms with Crippen molar-refractivity contribution in [3.8, 4) is 11.5 Å². The van der Waals surface area contributed by atoms with Gasteiger partial charge in [0.1, 0.15) is 23.0 Å². The normalized spacial score (nSPS) is 11.5. The molecule has 6 heteroatoms. The van der Waals surface area contributed by atoms with E-state index in [9.17, 15) is 8.42 Å². The van der Waals surface area contributed by atoms with Crippen LogP contribution >= 0.6 is 0 Å². The lowest BCUT2D eigenvalue weighted by Crippen LogP contribution is -2.31. The van der Waals surface area contributed by atoms with E-state index in [-0.39, 0.29) is 18.0 Å². The number of benzene rings is 2. The first kappa shape index (κ1) is 17.3. The fraction of sp³-hybridized carbons (Fsp3) is 0.294. The zero-order valence-corrected chi connectivity index (χ0v) is 14.3. The molecule has 0 spiro atoms. The van der Waals surface area contributed by atoms with E-state index in [2.05, 4.69) is 0 Å². The van der Waals surface area contributed by atoms with Crippen LogP contribution in [-0.2, 0) is 10.0 Å². The molecule has 0 bridgehead atoms. The van der Waals surface area contributed by atoms with Crippen LogP contribution in [0.4, 0.5) is 0 Å². The highest BCUT2D eigenvalue weighted by molar-refractivity contribution is 7.89. The van der Waals surface area contributed by atoms with Crippen LogP contribution in [0.5, 0.6) is 11.5 Å². The monoisotopic (exact) mass is 335 g/mol. The van der Waals surface area contributed by atoms with Crippen molar-refractivity contribution in [1.82, 2.24) is 4.31 Å². The van der Waals surface area contributed by atoms with Gasteiger partial charge in [-0.1, -0.05) is 24.3 Å². The molecular weight excluding hydrogens is 314 g/mol. The van der Waals surface area contributed by atoms with Gasteiger partial charge in [0.25, 0.3) is 0 Å². The van der Waals surface area contributed by atoms with Crippen LogP contribution in [0.3, 0.4) is 0 Å². The van der Waals surface area contributed by atoms with Crippen LogP contribution in [0.25, 0.3) is 0 Å². The first-order valence-corrected chi connectivity index (χ1v) is 8.68. The molecule has 0 aliphatic heterocycles. The maximum Gasteiger partial charge on any atom is 0.246 e. The molecule has 2 rings (SSSR count). The third-order valence-corrected chi connectivity index (χ3v) is 5.32. The van der Waals surface area contributed by atoms with Gasteiger partial charge in [-0.05, 0) is 36.8 Å². The number of methoxy groups -OCH3 is 1. The van der Waals surface area contributed by atoms with Crippen molar-refractivity contribution in [2.24, 2.45) is 0 Å². The highest BCUT2D eigenvalue weighted by Crippen LogP contribution is 2.25. The van der Waals surface area contributed by atoms with Gasteiger partial charge >= 0.3 is 0 Å². The quantitative estimate of drug-likeness (QED) is 0.781. The third kappa shape index (κ3) is 4.24. The lowest BCUT2D eigenvalue weighted by molar-refractivity contribution is 0.286. The van der Waals surface area contributed by atoms with Gasteiger partial charge in [-0.3, -0.25) is 0 Å². The number of hydrogen-bond acceptors (Lipinski definition) is 4.